The summed E-state index contributed by atoms with van der Waals surface area (Å²) in [5.74, 6) is 0.482. The van der Waals surface area contributed by atoms with Gasteiger partial charge >= 0.3 is 0 Å². The van der Waals surface area contributed by atoms with Gasteiger partial charge in [0.2, 0.25) is 11.1 Å². The first kappa shape index (κ1) is 16.4. The highest BCUT2D eigenvalue weighted by molar-refractivity contribution is 8.00. The summed E-state index contributed by atoms with van der Waals surface area (Å²) in [5.41, 5.74) is 3.72. The van der Waals surface area contributed by atoms with Gasteiger partial charge in [0.1, 0.15) is 0 Å². The fourth-order valence-corrected chi connectivity index (χ4v) is 3.10. The molecule has 0 aliphatic carbocycles. The second kappa shape index (κ2) is 6.60. The smallest absolute Gasteiger partial charge is 0.253 e. The Balaban J connectivity index is 1.74. The normalized spacial score (nSPS) is 12.3. The van der Waals surface area contributed by atoms with Crippen molar-refractivity contribution >= 4 is 29.1 Å². The summed E-state index contributed by atoms with van der Waals surface area (Å²) in [6.45, 7) is 7.69. The van der Waals surface area contributed by atoms with E-state index < -0.39 is 0 Å². The molecule has 124 valence electrons. The summed E-state index contributed by atoms with van der Waals surface area (Å²) >= 11 is 1.32. The van der Waals surface area contributed by atoms with Gasteiger partial charge < -0.3 is 5.32 Å². The molecule has 0 aliphatic rings. The predicted molar refractivity (Wildman–Crippen MR) is 95.4 cm³/mol. The van der Waals surface area contributed by atoms with Crippen LogP contribution in [0.15, 0.2) is 35.5 Å². The number of hydrogen-bond acceptors (Lipinski definition) is 5. The Morgan fingerprint density at radius 2 is 1.96 bits per heavy atom. The van der Waals surface area contributed by atoms with Gasteiger partial charge in [0.25, 0.3) is 5.78 Å². The number of para-hydroxylation sites is 1. The van der Waals surface area contributed by atoms with Crippen LogP contribution in [-0.4, -0.2) is 30.7 Å². The lowest BCUT2D eigenvalue weighted by molar-refractivity contribution is -0.115. The monoisotopic (exact) mass is 341 g/mol. The average molecular weight is 341 g/mol. The quantitative estimate of drug-likeness (QED) is 0.738. The van der Waals surface area contributed by atoms with Crippen molar-refractivity contribution in [1.82, 2.24) is 19.6 Å². The molecule has 1 N–H and O–H groups in total. The van der Waals surface area contributed by atoms with Crippen LogP contribution in [0, 0.1) is 20.8 Å². The summed E-state index contributed by atoms with van der Waals surface area (Å²) in [4.78, 5) is 21.2. The molecular weight excluding hydrogens is 322 g/mol. The zero-order valence-electron chi connectivity index (χ0n) is 14.1. The lowest BCUT2D eigenvalue weighted by atomic mass is 10.2. The van der Waals surface area contributed by atoms with Crippen LogP contribution in [-0.2, 0) is 4.79 Å². The molecule has 3 rings (SSSR count). The number of hydrogen-bond donors (Lipinski definition) is 1. The number of nitrogens with one attached hydrogen (secondary N) is 1. The SMILES string of the molecule is Cc1cc(C)n2nc(S[C@@H](C)C(=O)Nc3ccccc3C)nc2n1. The van der Waals surface area contributed by atoms with Crippen molar-refractivity contribution < 1.29 is 4.79 Å². The van der Waals surface area contributed by atoms with E-state index in [1.807, 2.05) is 58.0 Å². The molecule has 24 heavy (non-hydrogen) atoms. The third-order valence-corrected chi connectivity index (χ3v) is 4.60. The number of rotatable bonds is 4. The lowest BCUT2D eigenvalue weighted by Gasteiger charge is -2.11. The molecule has 2 heterocycles. The molecule has 0 saturated carbocycles. The molecule has 2 aromatic heterocycles. The van der Waals surface area contributed by atoms with Crippen LogP contribution in [0.5, 0.6) is 0 Å². The molecule has 1 aromatic carbocycles. The van der Waals surface area contributed by atoms with Gasteiger partial charge in [-0.05, 0) is 45.4 Å². The topological polar surface area (TPSA) is 72.2 Å². The van der Waals surface area contributed by atoms with E-state index in [0.717, 1.165) is 22.6 Å². The lowest BCUT2D eigenvalue weighted by Crippen LogP contribution is -2.22. The van der Waals surface area contributed by atoms with E-state index in [2.05, 4.69) is 20.4 Å². The number of aryl methyl sites for hydroxylation is 3. The summed E-state index contributed by atoms with van der Waals surface area (Å²) in [7, 11) is 0. The number of anilines is 1. The van der Waals surface area contributed by atoms with Crippen molar-refractivity contribution in [2.45, 2.75) is 38.1 Å². The van der Waals surface area contributed by atoms with Crippen LogP contribution >= 0.6 is 11.8 Å². The molecule has 0 unspecified atom stereocenters. The molecular formula is C17H19N5OS. The fraction of sp³-hybridized carbons (Fsp3) is 0.294. The maximum atomic E-state index is 12.4. The number of nitrogens with zero attached hydrogens (tertiary/aromatic N) is 4. The summed E-state index contributed by atoms with van der Waals surface area (Å²) in [5, 5.41) is 7.60. The van der Waals surface area contributed by atoms with Crippen LogP contribution in [0.25, 0.3) is 5.78 Å². The number of fused-ring (bicyclic) bond motifs is 1. The Bertz CT molecular complexity index is 905. The summed E-state index contributed by atoms with van der Waals surface area (Å²) in [6.07, 6.45) is 0. The summed E-state index contributed by atoms with van der Waals surface area (Å²) in [6, 6.07) is 9.66. The molecule has 0 radical (unpaired) electrons. The van der Waals surface area contributed by atoms with E-state index in [0.29, 0.717) is 10.9 Å². The number of thioether (sulfide) groups is 1. The zero-order valence-corrected chi connectivity index (χ0v) is 14.9. The third-order valence-electron chi connectivity index (χ3n) is 3.65. The molecule has 0 fully saturated rings. The molecule has 0 saturated heterocycles. The minimum Gasteiger partial charge on any atom is -0.325 e. The van der Waals surface area contributed by atoms with Crippen molar-refractivity contribution in [2.24, 2.45) is 0 Å². The van der Waals surface area contributed by atoms with Gasteiger partial charge in [0.05, 0.1) is 5.25 Å². The number of carbonyl (C=O) groups is 1. The molecule has 7 heteroatoms. The van der Waals surface area contributed by atoms with Crippen molar-refractivity contribution in [3.05, 3.63) is 47.3 Å². The molecule has 0 aliphatic heterocycles. The van der Waals surface area contributed by atoms with Gasteiger partial charge in [-0.2, -0.15) is 4.98 Å². The Morgan fingerprint density at radius 3 is 2.71 bits per heavy atom. The van der Waals surface area contributed by atoms with E-state index in [1.54, 1.807) is 4.52 Å². The van der Waals surface area contributed by atoms with Gasteiger partial charge in [-0.25, -0.2) is 9.50 Å². The maximum absolute atomic E-state index is 12.4. The largest absolute Gasteiger partial charge is 0.325 e. The first-order valence-electron chi connectivity index (χ1n) is 7.68. The first-order chi connectivity index (χ1) is 11.4. The highest BCUT2D eigenvalue weighted by Crippen LogP contribution is 2.22. The molecule has 1 atom stereocenters. The maximum Gasteiger partial charge on any atom is 0.253 e. The third kappa shape index (κ3) is 3.41. The summed E-state index contributed by atoms with van der Waals surface area (Å²) < 4.78 is 1.70. The van der Waals surface area contributed by atoms with Gasteiger partial charge in [-0.3, -0.25) is 4.79 Å². The van der Waals surface area contributed by atoms with E-state index in [9.17, 15) is 4.79 Å². The second-order valence-corrected chi connectivity index (χ2v) is 7.02. The Labute approximate surface area is 144 Å². The van der Waals surface area contributed by atoms with Gasteiger partial charge in [-0.1, -0.05) is 30.0 Å². The molecule has 6 nitrogen and oxygen atoms in total. The Morgan fingerprint density at radius 1 is 1.21 bits per heavy atom. The van der Waals surface area contributed by atoms with Crippen molar-refractivity contribution in [3.8, 4) is 0 Å². The minimum absolute atomic E-state index is 0.0750. The van der Waals surface area contributed by atoms with Crippen LogP contribution < -0.4 is 5.32 Å². The standard InChI is InChI=1S/C17H19N5OS/c1-10-7-5-6-8-14(10)19-15(23)13(4)24-17-20-16-18-11(2)9-12(3)22(16)21-17/h5-9,13H,1-4H3,(H,19,23)/t13-/m0/s1. The van der Waals surface area contributed by atoms with E-state index in [4.69, 9.17) is 0 Å². The van der Waals surface area contributed by atoms with Crippen LogP contribution in [0.2, 0.25) is 0 Å². The average Bonchev–Trinajstić information content (AvgIpc) is 2.92. The molecule has 1 amide bonds. The predicted octanol–water partition coefficient (Wildman–Crippen LogP) is 3.17. The van der Waals surface area contributed by atoms with Crippen molar-refractivity contribution in [1.29, 1.82) is 0 Å². The number of aromatic nitrogens is 4. The van der Waals surface area contributed by atoms with Crippen LogP contribution in [0.1, 0.15) is 23.9 Å². The van der Waals surface area contributed by atoms with Gasteiger partial charge in [-0.15, -0.1) is 5.10 Å². The van der Waals surface area contributed by atoms with Crippen LogP contribution in [0.3, 0.4) is 0 Å². The van der Waals surface area contributed by atoms with E-state index in [-0.39, 0.29) is 11.2 Å². The number of amides is 1. The van der Waals surface area contributed by atoms with E-state index in [1.165, 1.54) is 11.8 Å². The molecule has 0 bridgehead atoms. The second-order valence-electron chi connectivity index (χ2n) is 5.71. The van der Waals surface area contributed by atoms with E-state index >= 15 is 0 Å². The minimum atomic E-state index is -0.316. The number of benzene rings is 1. The highest BCUT2D eigenvalue weighted by atomic mass is 32.2. The van der Waals surface area contributed by atoms with Gasteiger partial charge in [0, 0.05) is 17.1 Å². The number of carbonyl (C=O) groups excluding carboxylic acids is 1. The highest BCUT2D eigenvalue weighted by Gasteiger charge is 2.18. The Kier molecular flexibility index (Phi) is 4.53. The first-order valence-corrected chi connectivity index (χ1v) is 8.56. The van der Waals surface area contributed by atoms with Crippen molar-refractivity contribution in [3.63, 3.8) is 0 Å². The fourth-order valence-electron chi connectivity index (χ4n) is 2.36. The van der Waals surface area contributed by atoms with Crippen molar-refractivity contribution in [2.75, 3.05) is 5.32 Å². The molecule has 3 aromatic rings. The zero-order chi connectivity index (χ0) is 17.3. The Hall–Kier alpha value is -2.41. The van der Waals surface area contributed by atoms with Gasteiger partial charge in [0.15, 0.2) is 0 Å². The van der Waals surface area contributed by atoms with Crippen LogP contribution in [0.4, 0.5) is 5.69 Å². The molecule has 0 spiro atoms.